The van der Waals surface area contributed by atoms with Crippen LogP contribution >= 0.6 is 0 Å². The number of pyridine rings is 1. The maximum atomic E-state index is 12.6. The average Bonchev–Trinajstić information content (AvgIpc) is 3.22. The Morgan fingerprint density at radius 1 is 1.23 bits per heavy atom. The fourth-order valence-corrected chi connectivity index (χ4v) is 3.20. The first-order chi connectivity index (χ1) is 14.3. The Morgan fingerprint density at radius 2 is 2.00 bits per heavy atom. The molecule has 0 saturated carbocycles. The summed E-state index contributed by atoms with van der Waals surface area (Å²) in [4.78, 5) is 25.1. The fraction of sp³-hybridized carbons (Fsp3) is 0.250. The summed E-state index contributed by atoms with van der Waals surface area (Å²) in [7, 11) is 0. The van der Waals surface area contributed by atoms with Gasteiger partial charge in [0.15, 0.2) is 0 Å². The minimum Gasteiger partial charge on any atom is -0.368 e. The Hall–Kier alpha value is -3.40. The highest BCUT2D eigenvalue weighted by molar-refractivity contribution is 5.75. The third-order valence-electron chi connectivity index (χ3n) is 4.80. The van der Waals surface area contributed by atoms with Crippen molar-refractivity contribution in [2.45, 2.75) is 6.18 Å². The summed E-state index contributed by atoms with van der Waals surface area (Å²) in [5, 5.41) is 3.28. The van der Waals surface area contributed by atoms with E-state index in [1.165, 1.54) is 22.6 Å². The Balaban J connectivity index is 1.57. The van der Waals surface area contributed by atoms with Gasteiger partial charge in [-0.1, -0.05) is 6.58 Å². The van der Waals surface area contributed by atoms with Gasteiger partial charge in [-0.2, -0.15) is 13.2 Å². The first-order valence-corrected chi connectivity index (χ1v) is 9.30. The third-order valence-corrected chi connectivity index (χ3v) is 4.80. The largest absolute Gasteiger partial charge is 0.432 e. The molecule has 0 atom stereocenters. The molecule has 4 heterocycles. The Bertz CT molecular complexity index is 1170. The number of nitrogens with one attached hydrogen (secondary N) is 2. The lowest BCUT2D eigenvalue weighted by molar-refractivity contribution is -0.140. The van der Waals surface area contributed by atoms with Crippen LogP contribution in [0.25, 0.3) is 17.3 Å². The number of fused-ring (bicyclic) bond motifs is 1. The molecule has 2 N–H and O–H groups in total. The van der Waals surface area contributed by atoms with Crippen molar-refractivity contribution < 1.29 is 13.2 Å². The summed E-state index contributed by atoms with van der Waals surface area (Å²) in [5.41, 5.74) is 0.925. The zero-order chi connectivity index (χ0) is 21.3. The highest BCUT2D eigenvalue weighted by Gasteiger charge is 2.32. The van der Waals surface area contributed by atoms with E-state index in [0.29, 0.717) is 16.9 Å². The molecule has 0 bridgehead atoms. The summed E-state index contributed by atoms with van der Waals surface area (Å²) in [6, 6.07) is 5.03. The molecule has 4 rings (SSSR count). The number of alkyl halides is 3. The average molecular weight is 416 g/mol. The van der Waals surface area contributed by atoms with Crippen molar-refractivity contribution in [1.29, 1.82) is 0 Å². The number of imidazole rings is 1. The molecule has 0 amide bonds. The number of rotatable bonds is 4. The molecule has 0 spiro atoms. The van der Waals surface area contributed by atoms with Crippen LogP contribution in [0.5, 0.6) is 0 Å². The summed E-state index contributed by atoms with van der Waals surface area (Å²) in [5.74, 6) is 0.0293. The second-order valence-corrected chi connectivity index (χ2v) is 6.87. The van der Waals surface area contributed by atoms with E-state index < -0.39 is 11.9 Å². The number of anilines is 1. The predicted octanol–water partition coefficient (Wildman–Crippen LogP) is 2.57. The lowest BCUT2D eigenvalue weighted by Crippen LogP contribution is -2.43. The smallest absolute Gasteiger partial charge is 0.368 e. The van der Waals surface area contributed by atoms with E-state index in [1.807, 2.05) is 6.07 Å². The Labute approximate surface area is 169 Å². The highest BCUT2D eigenvalue weighted by Crippen LogP contribution is 2.27. The fourth-order valence-electron chi connectivity index (χ4n) is 3.20. The molecule has 3 aromatic heterocycles. The number of hydrogen-bond donors (Lipinski definition) is 2. The molecule has 156 valence electrons. The number of H-pyrrole nitrogens is 1. The summed E-state index contributed by atoms with van der Waals surface area (Å²) < 4.78 is 39.4. The van der Waals surface area contributed by atoms with Crippen LogP contribution in [0.15, 0.2) is 48.0 Å². The lowest BCUT2D eigenvalue weighted by Gasteiger charge is -2.29. The maximum Gasteiger partial charge on any atom is 0.432 e. The summed E-state index contributed by atoms with van der Waals surface area (Å²) in [6.45, 7) is 7.34. The predicted molar refractivity (Wildman–Crippen MR) is 108 cm³/mol. The van der Waals surface area contributed by atoms with Gasteiger partial charge in [0.25, 0.3) is 5.56 Å². The second-order valence-electron chi connectivity index (χ2n) is 6.87. The molecule has 1 saturated heterocycles. The molecule has 0 aromatic carbocycles. The quantitative estimate of drug-likeness (QED) is 0.640. The minimum absolute atomic E-state index is 0.0293. The third kappa shape index (κ3) is 4.13. The van der Waals surface area contributed by atoms with E-state index in [4.69, 9.17) is 0 Å². The van der Waals surface area contributed by atoms with Gasteiger partial charge in [-0.05, 0) is 29.9 Å². The molecule has 1 aliphatic heterocycles. The lowest BCUT2D eigenvalue weighted by atomic mass is 10.2. The molecule has 10 heteroatoms. The van der Waals surface area contributed by atoms with Crippen molar-refractivity contribution in [2.24, 2.45) is 0 Å². The van der Waals surface area contributed by atoms with E-state index in [0.717, 1.165) is 38.1 Å². The van der Waals surface area contributed by atoms with Crippen molar-refractivity contribution in [2.75, 3.05) is 31.1 Å². The number of aromatic nitrogens is 4. The second kappa shape index (κ2) is 7.79. The summed E-state index contributed by atoms with van der Waals surface area (Å²) in [6.07, 6.45) is 0.814. The van der Waals surface area contributed by atoms with Gasteiger partial charge in [0, 0.05) is 38.4 Å². The van der Waals surface area contributed by atoms with Gasteiger partial charge in [0.2, 0.25) is 0 Å². The van der Waals surface area contributed by atoms with Crippen molar-refractivity contribution in [1.82, 2.24) is 24.7 Å². The van der Waals surface area contributed by atoms with E-state index in [2.05, 4.69) is 31.7 Å². The van der Waals surface area contributed by atoms with Gasteiger partial charge >= 0.3 is 6.18 Å². The molecule has 3 aromatic rings. The molecule has 7 nitrogen and oxygen atoms in total. The van der Waals surface area contributed by atoms with Crippen LogP contribution in [0, 0.1) is 0 Å². The van der Waals surface area contributed by atoms with Gasteiger partial charge in [-0.25, -0.2) is 9.97 Å². The van der Waals surface area contributed by atoms with Crippen LogP contribution < -0.4 is 15.8 Å². The zero-order valence-electron chi connectivity index (χ0n) is 15.9. The summed E-state index contributed by atoms with van der Waals surface area (Å²) >= 11 is 0. The van der Waals surface area contributed by atoms with Crippen LogP contribution in [0.3, 0.4) is 0 Å². The first kappa shape index (κ1) is 19.9. The normalized spacial score (nSPS) is 15.2. The molecule has 0 aliphatic carbocycles. The van der Waals surface area contributed by atoms with Crippen molar-refractivity contribution >= 4 is 23.0 Å². The van der Waals surface area contributed by atoms with Crippen molar-refractivity contribution in [3.05, 3.63) is 70.8 Å². The molecule has 1 aliphatic rings. The standard InChI is InChI=1S/C20H19F3N6O/c1-13(2-4-17-25-11-16(27-17)20(21,22)23)15-10-19(30)29-12-14(3-5-18(29)26-15)28-8-6-24-7-9-28/h2-5,10-12,24H,1,6-9H2,(H,25,27)/b4-2-. The molecular weight excluding hydrogens is 397 g/mol. The number of allylic oxidation sites excluding steroid dienone is 2. The van der Waals surface area contributed by atoms with E-state index in [1.54, 1.807) is 12.3 Å². The Kier molecular flexibility index (Phi) is 5.17. The number of nitrogens with zero attached hydrogens (tertiary/aromatic N) is 4. The van der Waals surface area contributed by atoms with Gasteiger partial charge in [-0.15, -0.1) is 0 Å². The van der Waals surface area contributed by atoms with Gasteiger partial charge in [0.05, 0.1) is 17.6 Å². The number of piperazine rings is 1. The number of halogens is 3. The minimum atomic E-state index is -4.49. The van der Waals surface area contributed by atoms with Crippen molar-refractivity contribution in [3.8, 4) is 0 Å². The van der Waals surface area contributed by atoms with Gasteiger partial charge in [0.1, 0.15) is 17.2 Å². The van der Waals surface area contributed by atoms with Gasteiger partial charge < -0.3 is 15.2 Å². The van der Waals surface area contributed by atoms with E-state index in [9.17, 15) is 18.0 Å². The van der Waals surface area contributed by atoms with Gasteiger partial charge in [-0.3, -0.25) is 9.20 Å². The molecule has 0 radical (unpaired) electrons. The first-order valence-electron chi connectivity index (χ1n) is 9.30. The van der Waals surface area contributed by atoms with Crippen LogP contribution in [-0.4, -0.2) is 45.5 Å². The zero-order valence-corrected chi connectivity index (χ0v) is 15.9. The monoisotopic (exact) mass is 416 g/mol. The SMILES string of the molecule is C=C(/C=C\c1ncc(C(F)(F)F)[nH]1)c1cc(=O)n2cc(N3CCNCC3)ccc2n1. The number of aromatic amines is 1. The van der Waals surface area contributed by atoms with E-state index in [-0.39, 0.29) is 11.4 Å². The van der Waals surface area contributed by atoms with Crippen LogP contribution in [0.4, 0.5) is 18.9 Å². The van der Waals surface area contributed by atoms with Crippen LogP contribution in [0.2, 0.25) is 0 Å². The molecular formula is C20H19F3N6O. The number of hydrogen-bond acceptors (Lipinski definition) is 5. The topological polar surface area (TPSA) is 78.3 Å². The highest BCUT2D eigenvalue weighted by atomic mass is 19.4. The molecule has 0 unspecified atom stereocenters. The van der Waals surface area contributed by atoms with Crippen molar-refractivity contribution in [3.63, 3.8) is 0 Å². The van der Waals surface area contributed by atoms with E-state index >= 15 is 0 Å². The van der Waals surface area contributed by atoms with Crippen LogP contribution in [-0.2, 0) is 6.18 Å². The molecule has 30 heavy (non-hydrogen) atoms. The Morgan fingerprint density at radius 3 is 2.70 bits per heavy atom. The van der Waals surface area contributed by atoms with Crippen LogP contribution in [0.1, 0.15) is 17.2 Å². The maximum absolute atomic E-state index is 12.6. The molecule has 1 fully saturated rings.